The molecular weight excluding hydrogens is 354 g/mol. The lowest BCUT2D eigenvalue weighted by atomic mass is 10.2. The van der Waals surface area contributed by atoms with Gasteiger partial charge in [0, 0.05) is 30.2 Å². The van der Waals surface area contributed by atoms with Gasteiger partial charge in [0.2, 0.25) is 10.0 Å². The Morgan fingerprint density at radius 3 is 2.38 bits per heavy atom. The van der Waals surface area contributed by atoms with Gasteiger partial charge in [0.25, 0.3) is 0 Å². The van der Waals surface area contributed by atoms with Gasteiger partial charge < -0.3 is 0 Å². The van der Waals surface area contributed by atoms with Crippen molar-refractivity contribution in [3.63, 3.8) is 0 Å². The fourth-order valence-electron chi connectivity index (χ4n) is 2.06. The molecule has 118 valence electrons. The summed E-state index contributed by atoms with van der Waals surface area (Å²) in [6.45, 7) is 0.196. The summed E-state index contributed by atoms with van der Waals surface area (Å²) < 4.78 is 50.1. The molecule has 1 saturated heterocycles. The van der Waals surface area contributed by atoms with Gasteiger partial charge in [-0.2, -0.15) is 16.1 Å². The van der Waals surface area contributed by atoms with Crippen LogP contribution in [0.1, 0.15) is 5.56 Å². The van der Waals surface area contributed by atoms with Gasteiger partial charge in [-0.1, -0.05) is 12.1 Å². The van der Waals surface area contributed by atoms with Gasteiger partial charge >= 0.3 is 0 Å². The molecule has 1 aliphatic heterocycles. The predicted molar refractivity (Wildman–Crippen MR) is 85.8 cm³/mol. The van der Waals surface area contributed by atoms with Crippen LogP contribution in [0, 0.1) is 0 Å². The molecule has 0 N–H and O–H groups in total. The molecule has 0 aromatic heterocycles. The topological polar surface area (TPSA) is 71.5 Å². The van der Waals surface area contributed by atoms with Crippen molar-refractivity contribution >= 4 is 43.2 Å². The summed E-state index contributed by atoms with van der Waals surface area (Å²) in [6.07, 6.45) is 1.07. The van der Waals surface area contributed by atoms with Crippen LogP contribution in [0.2, 0.25) is 0 Å². The van der Waals surface area contributed by atoms with Gasteiger partial charge in [-0.15, -0.1) is 11.6 Å². The van der Waals surface area contributed by atoms with E-state index in [1.54, 1.807) is 12.1 Å². The number of thioether (sulfide) groups is 1. The van der Waals surface area contributed by atoms with Crippen molar-refractivity contribution in [1.29, 1.82) is 0 Å². The van der Waals surface area contributed by atoms with E-state index in [-0.39, 0.29) is 17.2 Å². The minimum Gasteiger partial charge on any atom is -0.227 e. The van der Waals surface area contributed by atoms with Crippen LogP contribution in [0.25, 0.3) is 0 Å². The highest BCUT2D eigenvalue weighted by Crippen LogP contribution is 2.27. The summed E-state index contributed by atoms with van der Waals surface area (Å²) in [5.41, 5.74) is 0.810. The summed E-state index contributed by atoms with van der Waals surface area (Å²) in [6, 6.07) is 6.20. The van der Waals surface area contributed by atoms with E-state index in [0.29, 0.717) is 11.6 Å². The molecule has 1 heterocycles. The Labute approximate surface area is 134 Å². The molecule has 0 bridgehead atoms. The Kier molecular flexibility index (Phi) is 5.25. The van der Waals surface area contributed by atoms with E-state index in [0.717, 1.165) is 16.1 Å². The summed E-state index contributed by atoms with van der Waals surface area (Å²) in [7, 11) is -7.30. The number of hydrogen-bond acceptors (Lipinski definition) is 5. The van der Waals surface area contributed by atoms with E-state index in [9.17, 15) is 16.8 Å². The monoisotopic (exact) mass is 369 g/mol. The lowest BCUT2D eigenvalue weighted by Gasteiger charge is -2.32. The highest BCUT2D eigenvalue weighted by atomic mass is 35.5. The summed E-state index contributed by atoms with van der Waals surface area (Å²) in [5, 5.41) is -1.01. The van der Waals surface area contributed by atoms with Crippen molar-refractivity contribution in [3.8, 4) is 0 Å². The molecule has 9 heteroatoms. The maximum atomic E-state index is 12.7. The van der Waals surface area contributed by atoms with Crippen LogP contribution >= 0.6 is 23.4 Å². The molecule has 0 amide bonds. The first-order valence-electron chi connectivity index (χ1n) is 6.20. The molecule has 21 heavy (non-hydrogen) atoms. The fourth-order valence-corrected chi connectivity index (χ4v) is 7.41. The van der Waals surface area contributed by atoms with Crippen LogP contribution in [-0.4, -0.2) is 50.8 Å². The van der Waals surface area contributed by atoms with Crippen molar-refractivity contribution in [2.75, 3.05) is 24.3 Å². The molecule has 0 aliphatic carbocycles. The Bertz CT molecular complexity index is 701. The van der Waals surface area contributed by atoms with Crippen LogP contribution in [0.3, 0.4) is 0 Å². The normalized spacial score (nSPS) is 21.3. The Balaban J connectivity index is 2.40. The first-order valence-corrected chi connectivity index (χ1v) is 11.3. The first kappa shape index (κ1) is 17.1. The van der Waals surface area contributed by atoms with E-state index >= 15 is 0 Å². The maximum Gasteiger partial charge on any atom is 0.244 e. The van der Waals surface area contributed by atoms with Crippen LogP contribution in [0.5, 0.6) is 0 Å². The number of nitrogens with zero attached hydrogens (tertiary/aromatic N) is 1. The van der Waals surface area contributed by atoms with Gasteiger partial charge in [0.15, 0.2) is 9.84 Å². The van der Waals surface area contributed by atoms with Crippen molar-refractivity contribution in [2.24, 2.45) is 0 Å². The van der Waals surface area contributed by atoms with Gasteiger partial charge in [0.05, 0.1) is 4.90 Å². The van der Waals surface area contributed by atoms with Crippen molar-refractivity contribution in [3.05, 3.63) is 29.8 Å². The Morgan fingerprint density at radius 2 is 1.86 bits per heavy atom. The summed E-state index contributed by atoms with van der Waals surface area (Å²) in [5.74, 6) is 1.15. The highest BCUT2D eigenvalue weighted by Gasteiger charge is 2.39. The molecule has 1 aliphatic rings. The molecule has 1 fully saturated rings. The van der Waals surface area contributed by atoms with Crippen molar-refractivity contribution in [1.82, 2.24) is 4.31 Å². The van der Waals surface area contributed by atoms with Gasteiger partial charge in [-0.05, 0) is 17.7 Å². The molecule has 5 nitrogen and oxygen atoms in total. The van der Waals surface area contributed by atoms with Crippen LogP contribution in [0.15, 0.2) is 29.2 Å². The SMILES string of the molecule is CS(=O)(=O)C1CSCCN1S(=O)(=O)c1ccc(CCl)cc1. The second-order valence-electron chi connectivity index (χ2n) is 4.75. The number of sulfone groups is 1. The lowest BCUT2D eigenvalue weighted by Crippen LogP contribution is -2.49. The molecule has 0 saturated carbocycles. The minimum absolute atomic E-state index is 0.0944. The number of sulfonamides is 1. The van der Waals surface area contributed by atoms with Crippen LogP contribution in [0.4, 0.5) is 0 Å². The molecule has 1 unspecified atom stereocenters. The van der Waals surface area contributed by atoms with Gasteiger partial charge in [-0.3, -0.25) is 0 Å². The number of rotatable bonds is 4. The maximum absolute atomic E-state index is 12.7. The first-order chi connectivity index (χ1) is 9.76. The van der Waals surface area contributed by atoms with Crippen LogP contribution < -0.4 is 0 Å². The van der Waals surface area contributed by atoms with E-state index < -0.39 is 25.2 Å². The minimum atomic E-state index is -3.82. The predicted octanol–water partition coefficient (Wildman–Crippen LogP) is 1.53. The third kappa shape index (κ3) is 3.73. The zero-order chi connectivity index (χ0) is 15.7. The molecule has 1 atom stereocenters. The average molecular weight is 370 g/mol. The molecule has 0 radical (unpaired) electrons. The molecule has 0 spiro atoms. The van der Waals surface area contributed by atoms with E-state index in [1.807, 2.05) is 0 Å². The van der Waals surface area contributed by atoms with Crippen molar-refractivity contribution in [2.45, 2.75) is 16.1 Å². The number of hydrogen-bond donors (Lipinski definition) is 0. The zero-order valence-corrected chi connectivity index (χ0v) is 14.6. The zero-order valence-electron chi connectivity index (χ0n) is 11.4. The fraction of sp³-hybridized carbons (Fsp3) is 0.500. The molecule has 1 aromatic carbocycles. The second kappa shape index (κ2) is 6.45. The number of halogens is 1. The second-order valence-corrected chi connectivity index (χ2v) is 10.3. The Morgan fingerprint density at radius 1 is 1.24 bits per heavy atom. The summed E-state index contributed by atoms with van der Waals surface area (Å²) in [4.78, 5) is 0.0944. The van der Waals surface area contributed by atoms with Crippen molar-refractivity contribution < 1.29 is 16.8 Å². The number of alkyl halides is 1. The van der Waals surface area contributed by atoms with E-state index in [2.05, 4.69) is 0 Å². The quantitative estimate of drug-likeness (QED) is 0.753. The third-order valence-electron chi connectivity index (χ3n) is 3.22. The largest absolute Gasteiger partial charge is 0.244 e. The molecule has 2 rings (SSSR count). The van der Waals surface area contributed by atoms with Gasteiger partial charge in [-0.25, -0.2) is 16.8 Å². The summed E-state index contributed by atoms with van der Waals surface area (Å²) >= 11 is 7.13. The average Bonchev–Trinajstić information content (AvgIpc) is 2.46. The molecule has 1 aromatic rings. The standard InChI is InChI=1S/C12H16ClNO4S3/c1-20(15,16)12-9-19-7-6-14(12)21(17,18)11-4-2-10(8-13)3-5-11/h2-5,12H,6-9H2,1H3. The van der Waals surface area contributed by atoms with Crippen LogP contribution in [-0.2, 0) is 25.7 Å². The Hall–Kier alpha value is -0.280. The van der Waals surface area contributed by atoms with Gasteiger partial charge in [0.1, 0.15) is 5.37 Å². The third-order valence-corrected chi connectivity index (χ3v) is 8.22. The van der Waals surface area contributed by atoms with E-state index in [1.165, 1.54) is 23.9 Å². The van der Waals surface area contributed by atoms with E-state index in [4.69, 9.17) is 11.6 Å². The number of benzene rings is 1. The highest BCUT2D eigenvalue weighted by molar-refractivity contribution is 8.01. The smallest absolute Gasteiger partial charge is 0.227 e. The molecular formula is C12H16ClNO4S3. The lowest BCUT2D eigenvalue weighted by molar-refractivity contribution is 0.405.